The summed E-state index contributed by atoms with van der Waals surface area (Å²) in [7, 11) is 0.589. The van der Waals surface area contributed by atoms with Crippen LogP contribution in [0.3, 0.4) is 0 Å². The molecule has 0 saturated heterocycles. The van der Waals surface area contributed by atoms with Crippen molar-refractivity contribution in [3.8, 4) is 0 Å². The lowest BCUT2D eigenvalue weighted by Gasteiger charge is -2.29. The summed E-state index contributed by atoms with van der Waals surface area (Å²) in [4.78, 5) is 4.16. The second-order valence-electron chi connectivity index (χ2n) is 4.96. The minimum atomic E-state index is -1.40. The van der Waals surface area contributed by atoms with E-state index in [-0.39, 0.29) is 5.62 Å². The van der Waals surface area contributed by atoms with Gasteiger partial charge in [-0.05, 0) is 24.6 Å². The standard InChI is InChI=1S/C13H27ClN2OSi/c1-5-18(6-2,7-3)17-12-8-9-16-11-10-15(4)13(16)14/h10-11,13H,5-9,12H2,1-4H3. The van der Waals surface area contributed by atoms with Crippen molar-refractivity contribution in [1.82, 2.24) is 9.80 Å². The second kappa shape index (κ2) is 7.41. The lowest BCUT2D eigenvalue weighted by Crippen LogP contribution is -2.37. The maximum Gasteiger partial charge on any atom is 0.191 e. The largest absolute Gasteiger partial charge is 0.417 e. The van der Waals surface area contributed by atoms with Crippen LogP contribution in [0.15, 0.2) is 12.4 Å². The summed E-state index contributed by atoms with van der Waals surface area (Å²) in [5.41, 5.74) is -0.0319. The molecule has 0 aromatic heterocycles. The van der Waals surface area contributed by atoms with Crippen LogP contribution in [0.4, 0.5) is 0 Å². The van der Waals surface area contributed by atoms with E-state index in [0.717, 1.165) is 19.6 Å². The van der Waals surface area contributed by atoms with Crippen molar-refractivity contribution >= 4 is 19.9 Å². The molecule has 0 fully saturated rings. The van der Waals surface area contributed by atoms with Crippen LogP contribution >= 0.6 is 11.6 Å². The molecule has 0 saturated carbocycles. The topological polar surface area (TPSA) is 15.7 Å². The predicted octanol–water partition coefficient (Wildman–Crippen LogP) is 3.64. The molecule has 1 unspecified atom stereocenters. The molecular formula is C13H27ClN2OSi. The molecule has 1 heterocycles. The highest BCUT2D eigenvalue weighted by Crippen LogP contribution is 2.22. The molecule has 5 heteroatoms. The Labute approximate surface area is 118 Å². The highest BCUT2D eigenvalue weighted by molar-refractivity contribution is 6.73. The maximum atomic E-state index is 6.24. The number of hydrogen-bond acceptors (Lipinski definition) is 3. The third kappa shape index (κ3) is 3.90. The zero-order chi connectivity index (χ0) is 13.6. The summed E-state index contributed by atoms with van der Waals surface area (Å²) >= 11 is 6.24. The van der Waals surface area contributed by atoms with Crippen molar-refractivity contribution in [2.75, 3.05) is 20.2 Å². The Morgan fingerprint density at radius 1 is 1.17 bits per heavy atom. The van der Waals surface area contributed by atoms with Gasteiger partial charge in [0.2, 0.25) is 0 Å². The number of halogens is 1. The van der Waals surface area contributed by atoms with Crippen molar-refractivity contribution in [2.45, 2.75) is 50.9 Å². The fraction of sp³-hybridized carbons (Fsp3) is 0.846. The normalized spacial score (nSPS) is 19.9. The van der Waals surface area contributed by atoms with Crippen molar-refractivity contribution in [1.29, 1.82) is 0 Å². The van der Waals surface area contributed by atoms with E-state index < -0.39 is 8.32 Å². The number of nitrogens with zero attached hydrogens (tertiary/aromatic N) is 2. The predicted molar refractivity (Wildman–Crippen MR) is 81.0 cm³/mol. The van der Waals surface area contributed by atoms with Gasteiger partial charge in [-0.2, -0.15) is 0 Å². The van der Waals surface area contributed by atoms with Gasteiger partial charge in [-0.3, -0.25) is 0 Å². The Morgan fingerprint density at radius 2 is 1.78 bits per heavy atom. The SMILES string of the molecule is CC[Si](CC)(CC)OCCCN1C=CN(C)C1Cl. The van der Waals surface area contributed by atoms with Gasteiger partial charge < -0.3 is 14.2 Å². The molecule has 0 bridgehead atoms. The smallest absolute Gasteiger partial charge is 0.191 e. The van der Waals surface area contributed by atoms with Crippen LogP contribution in [0.5, 0.6) is 0 Å². The first-order chi connectivity index (χ1) is 8.58. The monoisotopic (exact) mass is 290 g/mol. The first-order valence-corrected chi connectivity index (χ1v) is 9.99. The average molecular weight is 291 g/mol. The highest BCUT2D eigenvalue weighted by Gasteiger charge is 2.28. The highest BCUT2D eigenvalue weighted by atomic mass is 35.5. The van der Waals surface area contributed by atoms with E-state index in [1.54, 1.807) is 0 Å². The Balaban J connectivity index is 2.24. The van der Waals surface area contributed by atoms with Gasteiger partial charge in [-0.1, -0.05) is 32.4 Å². The summed E-state index contributed by atoms with van der Waals surface area (Å²) in [6.07, 6.45) is 5.12. The van der Waals surface area contributed by atoms with E-state index in [2.05, 4.69) is 31.9 Å². The van der Waals surface area contributed by atoms with Crippen molar-refractivity contribution in [3.63, 3.8) is 0 Å². The Morgan fingerprint density at radius 3 is 2.22 bits per heavy atom. The van der Waals surface area contributed by atoms with Crippen LogP contribution in [0.25, 0.3) is 0 Å². The Kier molecular flexibility index (Phi) is 6.53. The molecule has 18 heavy (non-hydrogen) atoms. The summed E-state index contributed by atoms with van der Waals surface area (Å²) < 4.78 is 6.23. The number of hydrogen-bond donors (Lipinski definition) is 0. The van der Waals surface area contributed by atoms with E-state index in [0.29, 0.717) is 0 Å². The first-order valence-electron chi connectivity index (χ1n) is 7.02. The maximum absolute atomic E-state index is 6.24. The van der Waals surface area contributed by atoms with Gasteiger partial charge in [-0.25, -0.2) is 0 Å². The molecule has 1 atom stereocenters. The van der Waals surface area contributed by atoms with Gasteiger partial charge in [-0.15, -0.1) is 0 Å². The van der Waals surface area contributed by atoms with Gasteiger partial charge in [0.05, 0.1) is 0 Å². The van der Waals surface area contributed by atoms with Gasteiger partial charge in [0.1, 0.15) is 0 Å². The first kappa shape index (κ1) is 15.9. The van der Waals surface area contributed by atoms with E-state index in [4.69, 9.17) is 16.0 Å². The Hall–Kier alpha value is -0.193. The minimum Gasteiger partial charge on any atom is -0.417 e. The lowest BCUT2D eigenvalue weighted by atomic mass is 10.4. The van der Waals surface area contributed by atoms with Crippen molar-refractivity contribution in [3.05, 3.63) is 12.4 Å². The molecule has 1 aliphatic heterocycles. The molecule has 0 radical (unpaired) electrons. The second-order valence-corrected chi connectivity index (χ2v) is 10.1. The molecule has 0 aromatic carbocycles. The van der Waals surface area contributed by atoms with Crippen molar-refractivity contribution in [2.24, 2.45) is 0 Å². The molecule has 0 N–H and O–H groups in total. The molecule has 1 rings (SSSR count). The minimum absolute atomic E-state index is 0.0319. The van der Waals surface area contributed by atoms with E-state index in [1.807, 2.05) is 18.1 Å². The van der Waals surface area contributed by atoms with Crippen LogP contribution in [-0.4, -0.2) is 43.9 Å². The van der Waals surface area contributed by atoms with E-state index >= 15 is 0 Å². The molecule has 0 aliphatic carbocycles. The summed E-state index contributed by atoms with van der Waals surface area (Å²) in [5.74, 6) is 0. The van der Waals surface area contributed by atoms with Gasteiger partial charge in [0, 0.05) is 32.6 Å². The average Bonchev–Trinajstić information content (AvgIpc) is 2.71. The van der Waals surface area contributed by atoms with Crippen LogP contribution in [0.1, 0.15) is 27.2 Å². The van der Waals surface area contributed by atoms with E-state index in [1.165, 1.54) is 18.1 Å². The fourth-order valence-electron chi connectivity index (χ4n) is 2.34. The quantitative estimate of drug-likeness (QED) is 0.294. The Bertz CT molecular complexity index is 263. The van der Waals surface area contributed by atoms with Gasteiger partial charge in [0.15, 0.2) is 13.9 Å². The van der Waals surface area contributed by atoms with Crippen LogP contribution in [0, 0.1) is 0 Å². The van der Waals surface area contributed by atoms with Crippen molar-refractivity contribution < 1.29 is 4.43 Å². The molecule has 1 aliphatic rings. The summed E-state index contributed by atoms with van der Waals surface area (Å²) in [5, 5.41) is 0. The zero-order valence-corrected chi connectivity index (χ0v) is 13.9. The van der Waals surface area contributed by atoms with Crippen LogP contribution in [-0.2, 0) is 4.43 Å². The summed E-state index contributed by atoms with van der Waals surface area (Å²) in [6, 6.07) is 3.68. The molecule has 0 aromatic rings. The van der Waals surface area contributed by atoms with E-state index in [9.17, 15) is 0 Å². The summed E-state index contributed by atoms with van der Waals surface area (Å²) in [6.45, 7) is 8.65. The van der Waals surface area contributed by atoms with Gasteiger partial charge in [0.25, 0.3) is 0 Å². The fourth-order valence-corrected chi connectivity index (χ4v) is 5.26. The zero-order valence-electron chi connectivity index (χ0n) is 12.2. The van der Waals surface area contributed by atoms with Crippen LogP contribution < -0.4 is 0 Å². The van der Waals surface area contributed by atoms with Gasteiger partial charge >= 0.3 is 0 Å². The number of alkyl halides is 1. The third-order valence-corrected chi connectivity index (χ3v) is 9.25. The van der Waals surface area contributed by atoms with Crippen LogP contribution in [0.2, 0.25) is 18.1 Å². The molecule has 0 amide bonds. The molecule has 0 spiro atoms. The molecule has 3 nitrogen and oxygen atoms in total. The third-order valence-electron chi connectivity index (χ3n) is 4.00. The number of rotatable bonds is 8. The lowest BCUT2D eigenvalue weighted by molar-refractivity contribution is 0.223. The molecule has 106 valence electrons. The molecular weight excluding hydrogens is 264 g/mol.